The van der Waals surface area contributed by atoms with Crippen LogP contribution >= 0.6 is 31.9 Å². The second kappa shape index (κ2) is 4.86. The molecule has 3 aromatic rings. The number of hydrogen-bond acceptors (Lipinski definition) is 2. The third kappa shape index (κ3) is 2.03. The van der Waals surface area contributed by atoms with Gasteiger partial charge < -0.3 is 5.73 Å². The molecule has 2 aromatic heterocycles. The Balaban J connectivity index is 2.32. The molecule has 102 valence electrons. The van der Waals surface area contributed by atoms with E-state index in [1.165, 1.54) is 12.1 Å². The highest BCUT2D eigenvalue weighted by Gasteiger charge is 2.16. The van der Waals surface area contributed by atoms with Gasteiger partial charge >= 0.3 is 0 Å². The number of pyridine rings is 1. The van der Waals surface area contributed by atoms with E-state index in [1.54, 1.807) is 6.07 Å². The molecule has 0 saturated carbocycles. The smallest absolute Gasteiger partial charge is 0.139 e. The molecule has 1 aromatic carbocycles. The van der Waals surface area contributed by atoms with Gasteiger partial charge in [0.05, 0.1) is 0 Å². The molecule has 3 nitrogen and oxygen atoms in total. The average molecular weight is 399 g/mol. The minimum Gasteiger partial charge on any atom is -0.383 e. The van der Waals surface area contributed by atoms with Crippen molar-refractivity contribution < 1.29 is 4.39 Å². The molecule has 0 spiro atoms. The number of anilines is 1. The van der Waals surface area contributed by atoms with Crippen molar-refractivity contribution in [1.29, 1.82) is 0 Å². The quantitative estimate of drug-likeness (QED) is 0.653. The Hall–Kier alpha value is -1.40. The molecule has 0 saturated heterocycles. The number of nitrogens with two attached hydrogens (primary N) is 1. The fourth-order valence-corrected chi connectivity index (χ4v) is 3.02. The van der Waals surface area contributed by atoms with Crippen molar-refractivity contribution in [3.8, 4) is 11.3 Å². The Morgan fingerprint density at radius 1 is 1.15 bits per heavy atom. The Labute approximate surface area is 131 Å². The van der Waals surface area contributed by atoms with Crippen molar-refractivity contribution in [2.45, 2.75) is 6.92 Å². The standard InChI is InChI=1S/C14H10Br2FN3/c1-7-10(15)4-5-12-19-13(14(18)20(7)12)9-3-2-8(17)6-11(9)16/h2-6H,18H2,1H3. The summed E-state index contributed by atoms with van der Waals surface area (Å²) >= 11 is 6.83. The second-order valence-electron chi connectivity index (χ2n) is 4.43. The van der Waals surface area contributed by atoms with E-state index in [0.29, 0.717) is 16.0 Å². The average Bonchev–Trinajstić information content (AvgIpc) is 2.72. The van der Waals surface area contributed by atoms with Crippen LogP contribution in [0.4, 0.5) is 10.2 Å². The minimum atomic E-state index is -0.304. The lowest BCUT2D eigenvalue weighted by Gasteiger charge is -2.05. The van der Waals surface area contributed by atoms with Crippen LogP contribution in [0.5, 0.6) is 0 Å². The summed E-state index contributed by atoms with van der Waals surface area (Å²) in [6.07, 6.45) is 0. The van der Waals surface area contributed by atoms with Gasteiger partial charge in [-0.05, 0) is 69.1 Å². The van der Waals surface area contributed by atoms with Crippen LogP contribution in [0.25, 0.3) is 16.9 Å². The first-order chi connectivity index (χ1) is 9.49. The molecule has 0 aliphatic rings. The van der Waals surface area contributed by atoms with Gasteiger partial charge in [0, 0.05) is 20.2 Å². The molecule has 3 rings (SSSR count). The molecule has 2 N–H and O–H groups in total. The van der Waals surface area contributed by atoms with Gasteiger partial charge in [-0.15, -0.1) is 0 Å². The molecule has 0 atom stereocenters. The van der Waals surface area contributed by atoms with Gasteiger partial charge in [0.15, 0.2) is 0 Å². The Kier molecular flexibility index (Phi) is 3.30. The first-order valence-electron chi connectivity index (χ1n) is 5.87. The Bertz CT molecular complexity index is 827. The zero-order chi connectivity index (χ0) is 14.4. The molecule has 0 fully saturated rings. The maximum Gasteiger partial charge on any atom is 0.139 e. The molecule has 2 heterocycles. The lowest BCUT2D eigenvalue weighted by Crippen LogP contribution is -1.98. The van der Waals surface area contributed by atoms with E-state index in [9.17, 15) is 4.39 Å². The number of imidazole rings is 1. The summed E-state index contributed by atoms with van der Waals surface area (Å²) in [6, 6.07) is 8.28. The summed E-state index contributed by atoms with van der Waals surface area (Å²) in [5, 5.41) is 0. The highest BCUT2D eigenvalue weighted by Crippen LogP contribution is 2.34. The largest absolute Gasteiger partial charge is 0.383 e. The molecule has 0 bridgehead atoms. The molecule has 0 radical (unpaired) electrons. The second-order valence-corrected chi connectivity index (χ2v) is 6.14. The summed E-state index contributed by atoms with van der Waals surface area (Å²) < 4.78 is 16.6. The lowest BCUT2D eigenvalue weighted by atomic mass is 10.1. The SMILES string of the molecule is Cc1c(Br)ccc2nc(-c3ccc(F)cc3Br)c(N)n12. The Morgan fingerprint density at radius 2 is 1.90 bits per heavy atom. The summed E-state index contributed by atoms with van der Waals surface area (Å²) in [7, 11) is 0. The number of aryl methyl sites for hydroxylation is 1. The van der Waals surface area contributed by atoms with Crippen LogP contribution in [0.1, 0.15) is 5.69 Å². The van der Waals surface area contributed by atoms with Crippen LogP contribution in [0.2, 0.25) is 0 Å². The number of fused-ring (bicyclic) bond motifs is 1. The van der Waals surface area contributed by atoms with E-state index in [0.717, 1.165) is 21.4 Å². The van der Waals surface area contributed by atoms with E-state index in [1.807, 2.05) is 23.5 Å². The van der Waals surface area contributed by atoms with E-state index < -0.39 is 0 Å². The number of aromatic nitrogens is 2. The van der Waals surface area contributed by atoms with Crippen molar-refractivity contribution >= 4 is 43.3 Å². The number of hydrogen-bond donors (Lipinski definition) is 1. The van der Waals surface area contributed by atoms with Crippen LogP contribution < -0.4 is 5.73 Å². The molecule has 0 amide bonds. The fourth-order valence-electron chi connectivity index (χ4n) is 2.17. The predicted molar refractivity (Wildman–Crippen MR) is 85.1 cm³/mol. The van der Waals surface area contributed by atoms with Gasteiger partial charge in [0.2, 0.25) is 0 Å². The van der Waals surface area contributed by atoms with Crippen molar-refractivity contribution in [3.63, 3.8) is 0 Å². The van der Waals surface area contributed by atoms with Crippen LogP contribution in [0.15, 0.2) is 39.3 Å². The van der Waals surface area contributed by atoms with Crippen LogP contribution in [0, 0.1) is 12.7 Å². The molecule has 0 aliphatic heterocycles. The first-order valence-corrected chi connectivity index (χ1v) is 7.46. The summed E-state index contributed by atoms with van der Waals surface area (Å²) in [5.74, 6) is 0.230. The lowest BCUT2D eigenvalue weighted by molar-refractivity contribution is 0.627. The minimum absolute atomic E-state index is 0.304. The molecule has 6 heteroatoms. The van der Waals surface area contributed by atoms with Gasteiger partial charge in [0.25, 0.3) is 0 Å². The van der Waals surface area contributed by atoms with Crippen molar-refractivity contribution in [2.24, 2.45) is 0 Å². The molecule has 20 heavy (non-hydrogen) atoms. The summed E-state index contributed by atoms with van der Waals surface area (Å²) in [5.41, 5.74) is 9.34. The van der Waals surface area contributed by atoms with Gasteiger partial charge in [0.1, 0.15) is 23.0 Å². The normalized spacial score (nSPS) is 11.2. The molecular formula is C14H10Br2FN3. The zero-order valence-electron chi connectivity index (χ0n) is 10.5. The third-order valence-electron chi connectivity index (χ3n) is 3.19. The number of nitrogen functional groups attached to an aromatic ring is 1. The molecular weight excluding hydrogens is 389 g/mol. The van der Waals surface area contributed by atoms with E-state index in [4.69, 9.17) is 5.73 Å². The highest BCUT2D eigenvalue weighted by molar-refractivity contribution is 9.10. The monoisotopic (exact) mass is 397 g/mol. The van der Waals surface area contributed by atoms with E-state index >= 15 is 0 Å². The third-order valence-corrected chi connectivity index (χ3v) is 4.68. The molecule has 0 aliphatic carbocycles. The van der Waals surface area contributed by atoms with E-state index in [2.05, 4.69) is 36.8 Å². The summed E-state index contributed by atoms with van der Waals surface area (Å²) in [6.45, 7) is 1.96. The number of halogens is 3. The highest BCUT2D eigenvalue weighted by atomic mass is 79.9. The maximum absolute atomic E-state index is 13.2. The van der Waals surface area contributed by atoms with Crippen LogP contribution in [0.3, 0.4) is 0 Å². The van der Waals surface area contributed by atoms with Crippen LogP contribution in [-0.2, 0) is 0 Å². The van der Waals surface area contributed by atoms with Crippen LogP contribution in [-0.4, -0.2) is 9.38 Å². The van der Waals surface area contributed by atoms with Gasteiger partial charge in [-0.3, -0.25) is 4.40 Å². The maximum atomic E-state index is 13.2. The predicted octanol–water partition coefficient (Wildman–Crippen LogP) is 4.56. The number of rotatable bonds is 1. The fraction of sp³-hybridized carbons (Fsp3) is 0.0714. The van der Waals surface area contributed by atoms with Crippen molar-refractivity contribution in [2.75, 3.05) is 5.73 Å². The van der Waals surface area contributed by atoms with Crippen molar-refractivity contribution in [1.82, 2.24) is 9.38 Å². The Morgan fingerprint density at radius 3 is 2.60 bits per heavy atom. The van der Waals surface area contributed by atoms with Gasteiger partial charge in [-0.1, -0.05) is 0 Å². The topological polar surface area (TPSA) is 43.3 Å². The number of nitrogens with zero attached hydrogens (tertiary/aromatic N) is 2. The number of benzene rings is 1. The molecule has 0 unspecified atom stereocenters. The van der Waals surface area contributed by atoms with E-state index in [-0.39, 0.29) is 5.82 Å². The van der Waals surface area contributed by atoms with Crippen molar-refractivity contribution in [3.05, 3.63) is 50.8 Å². The first kappa shape index (κ1) is 13.6. The van der Waals surface area contributed by atoms with Gasteiger partial charge in [-0.2, -0.15) is 0 Å². The zero-order valence-corrected chi connectivity index (χ0v) is 13.7. The summed E-state index contributed by atoms with van der Waals surface area (Å²) in [4.78, 5) is 4.54. The van der Waals surface area contributed by atoms with Gasteiger partial charge in [-0.25, -0.2) is 9.37 Å².